The Morgan fingerprint density at radius 3 is 2.32 bits per heavy atom. The second-order valence-electron chi connectivity index (χ2n) is 4.71. The SMILES string of the molecule is O=C(N[C@H]1CC1c1ccccc1)Oc1ccccc1. The van der Waals surface area contributed by atoms with Crippen molar-refractivity contribution in [2.75, 3.05) is 0 Å². The average molecular weight is 253 g/mol. The summed E-state index contributed by atoms with van der Waals surface area (Å²) in [4.78, 5) is 11.7. The van der Waals surface area contributed by atoms with Crippen molar-refractivity contribution in [3.8, 4) is 5.75 Å². The molecule has 0 bridgehead atoms. The molecule has 1 aliphatic carbocycles. The summed E-state index contributed by atoms with van der Waals surface area (Å²) in [5, 5.41) is 2.89. The van der Waals surface area contributed by atoms with Gasteiger partial charge in [-0.1, -0.05) is 48.5 Å². The molecule has 1 amide bonds. The second kappa shape index (κ2) is 5.14. The Kier molecular flexibility index (Phi) is 3.19. The molecule has 19 heavy (non-hydrogen) atoms. The van der Waals surface area contributed by atoms with Crippen LogP contribution in [0.3, 0.4) is 0 Å². The van der Waals surface area contributed by atoms with Gasteiger partial charge in [-0.05, 0) is 24.1 Å². The maximum Gasteiger partial charge on any atom is 0.412 e. The Hall–Kier alpha value is -2.29. The lowest BCUT2D eigenvalue weighted by Crippen LogP contribution is -2.29. The standard InChI is InChI=1S/C16H15NO2/c18-16(19-13-9-5-2-6-10-13)17-15-11-14(15)12-7-3-1-4-8-12/h1-10,14-15H,11H2,(H,17,18)/t14?,15-/m0/s1. The summed E-state index contributed by atoms with van der Waals surface area (Å²) in [6, 6.07) is 19.5. The van der Waals surface area contributed by atoms with E-state index in [9.17, 15) is 4.79 Å². The molecule has 1 unspecified atom stereocenters. The van der Waals surface area contributed by atoms with E-state index in [4.69, 9.17) is 4.74 Å². The van der Waals surface area contributed by atoms with Gasteiger partial charge in [0.1, 0.15) is 5.75 Å². The van der Waals surface area contributed by atoms with Crippen LogP contribution in [0.4, 0.5) is 4.79 Å². The number of para-hydroxylation sites is 1. The predicted molar refractivity (Wildman–Crippen MR) is 73.2 cm³/mol. The second-order valence-corrected chi connectivity index (χ2v) is 4.71. The number of nitrogens with one attached hydrogen (secondary N) is 1. The van der Waals surface area contributed by atoms with Crippen LogP contribution in [0.25, 0.3) is 0 Å². The van der Waals surface area contributed by atoms with Crippen LogP contribution >= 0.6 is 0 Å². The van der Waals surface area contributed by atoms with Gasteiger partial charge in [-0.2, -0.15) is 0 Å². The third-order valence-electron chi connectivity index (χ3n) is 3.28. The quantitative estimate of drug-likeness (QED) is 0.911. The lowest BCUT2D eigenvalue weighted by Gasteiger charge is -2.06. The molecular formula is C16H15NO2. The highest BCUT2D eigenvalue weighted by Gasteiger charge is 2.39. The normalized spacial score (nSPS) is 20.6. The van der Waals surface area contributed by atoms with E-state index >= 15 is 0 Å². The first kappa shape index (κ1) is 11.8. The molecule has 96 valence electrons. The first-order chi connectivity index (χ1) is 9.33. The molecule has 0 aromatic heterocycles. The summed E-state index contributed by atoms with van der Waals surface area (Å²) in [5.41, 5.74) is 1.27. The van der Waals surface area contributed by atoms with E-state index in [1.165, 1.54) is 5.56 Å². The minimum absolute atomic E-state index is 0.193. The van der Waals surface area contributed by atoms with Crippen molar-refractivity contribution in [3.05, 3.63) is 66.2 Å². The van der Waals surface area contributed by atoms with Gasteiger partial charge in [0.05, 0.1) is 0 Å². The number of ether oxygens (including phenoxy) is 1. The van der Waals surface area contributed by atoms with E-state index in [0.717, 1.165) is 6.42 Å². The Bertz CT molecular complexity index is 553. The number of hydrogen-bond donors (Lipinski definition) is 1. The highest BCUT2D eigenvalue weighted by atomic mass is 16.6. The smallest absolute Gasteiger partial charge is 0.410 e. The van der Waals surface area contributed by atoms with Crippen LogP contribution in [-0.2, 0) is 0 Å². The summed E-state index contributed by atoms with van der Waals surface area (Å²) >= 11 is 0. The van der Waals surface area contributed by atoms with Gasteiger partial charge < -0.3 is 10.1 Å². The molecule has 0 aliphatic heterocycles. The predicted octanol–water partition coefficient (Wildman–Crippen LogP) is 3.33. The van der Waals surface area contributed by atoms with Crippen molar-refractivity contribution in [2.24, 2.45) is 0 Å². The molecule has 1 aliphatic rings. The Morgan fingerprint density at radius 1 is 1.00 bits per heavy atom. The molecule has 3 heteroatoms. The van der Waals surface area contributed by atoms with E-state index in [0.29, 0.717) is 11.7 Å². The van der Waals surface area contributed by atoms with Crippen LogP contribution in [0.15, 0.2) is 60.7 Å². The van der Waals surface area contributed by atoms with Crippen molar-refractivity contribution in [1.29, 1.82) is 0 Å². The van der Waals surface area contributed by atoms with Gasteiger partial charge in [0.15, 0.2) is 0 Å². The molecule has 3 rings (SSSR count). The van der Waals surface area contributed by atoms with E-state index in [1.54, 1.807) is 12.1 Å². The van der Waals surface area contributed by atoms with Gasteiger partial charge in [0.2, 0.25) is 0 Å². The summed E-state index contributed by atoms with van der Waals surface area (Å²) in [5.74, 6) is 0.987. The summed E-state index contributed by atoms with van der Waals surface area (Å²) in [6.07, 6.45) is 0.600. The number of rotatable bonds is 3. The van der Waals surface area contributed by atoms with Gasteiger partial charge in [-0.15, -0.1) is 0 Å². The van der Waals surface area contributed by atoms with Gasteiger partial charge in [-0.3, -0.25) is 0 Å². The van der Waals surface area contributed by atoms with Crippen LogP contribution < -0.4 is 10.1 Å². The van der Waals surface area contributed by atoms with Crippen LogP contribution in [0.5, 0.6) is 5.75 Å². The van der Waals surface area contributed by atoms with E-state index in [2.05, 4.69) is 17.4 Å². The summed E-state index contributed by atoms with van der Waals surface area (Å²) in [7, 11) is 0. The van der Waals surface area contributed by atoms with Crippen LogP contribution in [-0.4, -0.2) is 12.1 Å². The monoisotopic (exact) mass is 253 g/mol. The maximum absolute atomic E-state index is 11.7. The minimum Gasteiger partial charge on any atom is -0.410 e. The molecule has 0 saturated heterocycles. The molecule has 2 aromatic rings. The summed E-state index contributed by atoms with van der Waals surface area (Å²) in [6.45, 7) is 0. The zero-order chi connectivity index (χ0) is 13.1. The number of benzene rings is 2. The Labute approximate surface area is 112 Å². The first-order valence-corrected chi connectivity index (χ1v) is 6.41. The fraction of sp³-hybridized carbons (Fsp3) is 0.188. The largest absolute Gasteiger partial charge is 0.412 e. The third kappa shape index (κ3) is 2.94. The molecule has 1 saturated carbocycles. The van der Waals surface area contributed by atoms with Gasteiger partial charge >= 0.3 is 6.09 Å². The van der Waals surface area contributed by atoms with Gasteiger partial charge in [-0.25, -0.2) is 4.79 Å². The average Bonchev–Trinajstić information content (AvgIpc) is 3.20. The Balaban J connectivity index is 1.52. The first-order valence-electron chi connectivity index (χ1n) is 6.41. The topological polar surface area (TPSA) is 38.3 Å². The molecule has 1 fully saturated rings. The number of carbonyl (C=O) groups excluding carboxylic acids is 1. The van der Waals surface area contributed by atoms with Crippen molar-refractivity contribution >= 4 is 6.09 Å². The fourth-order valence-corrected chi connectivity index (χ4v) is 2.20. The minimum atomic E-state index is -0.380. The van der Waals surface area contributed by atoms with E-state index in [-0.39, 0.29) is 12.1 Å². The number of carbonyl (C=O) groups is 1. The highest BCUT2D eigenvalue weighted by molar-refractivity contribution is 5.71. The maximum atomic E-state index is 11.7. The van der Waals surface area contributed by atoms with Crippen molar-refractivity contribution < 1.29 is 9.53 Å². The van der Waals surface area contributed by atoms with Gasteiger partial charge in [0, 0.05) is 12.0 Å². The van der Waals surface area contributed by atoms with Crippen LogP contribution in [0.2, 0.25) is 0 Å². The van der Waals surface area contributed by atoms with E-state index in [1.807, 2.05) is 36.4 Å². The van der Waals surface area contributed by atoms with Crippen molar-refractivity contribution in [1.82, 2.24) is 5.32 Å². The van der Waals surface area contributed by atoms with Crippen LogP contribution in [0, 0.1) is 0 Å². The molecule has 0 radical (unpaired) electrons. The van der Waals surface area contributed by atoms with Crippen LogP contribution in [0.1, 0.15) is 17.9 Å². The summed E-state index contributed by atoms with van der Waals surface area (Å²) < 4.78 is 5.20. The lowest BCUT2D eigenvalue weighted by molar-refractivity contribution is 0.200. The number of hydrogen-bond acceptors (Lipinski definition) is 2. The van der Waals surface area contributed by atoms with E-state index < -0.39 is 0 Å². The van der Waals surface area contributed by atoms with Crippen molar-refractivity contribution in [3.63, 3.8) is 0 Å². The molecule has 2 atom stereocenters. The lowest BCUT2D eigenvalue weighted by atomic mass is 10.1. The highest BCUT2D eigenvalue weighted by Crippen LogP contribution is 2.40. The third-order valence-corrected chi connectivity index (χ3v) is 3.28. The molecule has 1 N–H and O–H groups in total. The zero-order valence-corrected chi connectivity index (χ0v) is 10.5. The zero-order valence-electron chi connectivity index (χ0n) is 10.5. The molecular weight excluding hydrogens is 238 g/mol. The van der Waals surface area contributed by atoms with Gasteiger partial charge in [0.25, 0.3) is 0 Å². The Morgan fingerprint density at radius 2 is 1.63 bits per heavy atom. The molecule has 0 heterocycles. The molecule has 3 nitrogen and oxygen atoms in total. The number of amides is 1. The molecule has 2 aromatic carbocycles. The molecule has 0 spiro atoms. The van der Waals surface area contributed by atoms with Crippen molar-refractivity contribution in [2.45, 2.75) is 18.4 Å². The fourth-order valence-electron chi connectivity index (χ4n) is 2.20.